The van der Waals surface area contributed by atoms with Crippen LogP contribution in [0, 0.1) is 34.0 Å². The summed E-state index contributed by atoms with van der Waals surface area (Å²) >= 11 is 0. The van der Waals surface area contributed by atoms with Crippen LogP contribution in [-0.4, -0.2) is 18.1 Å². The molecule has 210 valence electrons. The predicted octanol–water partition coefficient (Wildman–Crippen LogP) is 8.85. The summed E-state index contributed by atoms with van der Waals surface area (Å²) in [4.78, 5) is 7.42. The van der Waals surface area contributed by atoms with E-state index in [1.54, 1.807) is 6.07 Å². The van der Waals surface area contributed by atoms with Gasteiger partial charge in [0, 0.05) is 29.9 Å². The molecule has 0 atom stereocenters. The van der Waals surface area contributed by atoms with Gasteiger partial charge in [-0.05, 0) is 112 Å². The van der Waals surface area contributed by atoms with E-state index in [2.05, 4.69) is 77.7 Å². The first-order chi connectivity index (χ1) is 22.1. The molecule has 0 radical (unpaired) electrons. The Hall–Kier alpha value is -6.48. The Morgan fingerprint density at radius 1 is 0.422 bits per heavy atom. The second kappa shape index (κ2) is 11.7. The van der Waals surface area contributed by atoms with Crippen molar-refractivity contribution in [3.05, 3.63) is 144 Å². The number of rotatable bonds is 6. The van der Waals surface area contributed by atoms with Gasteiger partial charge in [-0.1, -0.05) is 48.5 Å². The minimum Gasteiger partial charge on any atom is -0.368 e. The Labute approximate surface area is 262 Å². The van der Waals surface area contributed by atoms with E-state index in [9.17, 15) is 15.8 Å². The van der Waals surface area contributed by atoms with E-state index < -0.39 is 0 Å². The van der Waals surface area contributed by atoms with Crippen molar-refractivity contribution in [3.8, 4) is 74.1 Å². The van der Waals surface area contributed by atoms with Crippen LogP contribution in [0.3, 0.4) is 0 Å². The minimum absolute atomic E-state index is 0.579. The van der Waals surface area contributed by atoms with Gasteiger partial charge in [0.05, 0.1) is 46.3 Å². The molecule has 0 N–H and O–H groups in total. The van der Waals surface area contributed by atoms with Crippen LogP contribution in [0.2, 0.25) is 0 Å². The van der Waals surface area contributed by atoms with Crippen LogP contribution in [0.25, 0.3) is 55.9 Å². The molecule has 1 aliphatic rings. The third-order valence-electron chi connectivity index (χ3n) is 8.03. The van der Waals surface area contributed by atoms with Crippen molar-refractivity contribution in [1.29, 1.82) is 15.8 Å². The lowest BCUT2D eigenvalue weighted by Crippen LogP contribution is -1.94. The van der Waals surface area contributed by atoms with Crippen LogP contribution in [0.5, 0.6) is 0 Å². The maximum Gasteiger partial charge on any atom is 0.0991 e. The van der Waals surface area contributed by atoms with Gasteiger partial charge in [-0.3, -0.25) is 0 Å². The maximum atomic E-state index is 9.60. The van der Waals surface area contributed by atoms with Gasteiger partial charge in [0.2, 0.25) is 0 Å². The molecule has 1 aliphatic heterocycles. The molecule has 0 spiro atoms. The van der Waals surface area contributed by atoms with Crippen LogP contribution in [-0.2, 0) is 0 Å². The number of anilines is 1. The standard InChI is InChI=1S/C40H25N5/c41-24-27-7-11-30(12-8-27)34-18-35(31-13-9-28(25-42)10-14-31)20-36(19-34)37-22-39(32-4-1-3-29(17-32)26-43)44-40(23-37)33-5-2-6-38(21-33)45-15-16-45/h1-14,17-23H,15-16H2. The number of nitrogens with zero attached hydrogens (tertiary/aromatic N) is 5. The average molecular weight is 576 g/mol. The monoisotopic (exact) mass is 575 g/mol. The molecule has 5 heteroatoms. The Bertz CT molecular complexity index is 2110. The Morgan fingerprint density at radius 2 is 0.889 bits per heavy atom. The van der Waals surface area contributed by atoms with Crippen LogP contribution in [0.15, 0.2) is 127 Å². The molecule has 5 nitrogen and oxygen atoms in total. The van der Waals surface area contributed by atoms with Gasteiger partial charge in [0.25, 0.3) is 0 Å². The van der Waals surface area contributed by atoms with Gasteiger partial charge in [-0.2, -0.15) is 15.8 Å². The third-order valence-corrected chi connectivity index (χ3v) is 8.03. The molecule has 6 aromatic rings. The summed E-state index contributed by atoms with van der Waals surface area (Å²) in [6, 6.07) is 48.5. The van der Waals surface area contributed by atoms with Gasteiger partial charge in [0.15, 0.2) is 0 Å². The predicted molar refractivity (Wildman–Crippen MR) is 178 cm³/mol. The second-order valence-corrected chi connectivity index (χ2v) is 11.0. The summed E-state index contributed by atoms with van der Waals surface area (Å²) < 4.78 is 0. The highest BCUT2D eigenvalue weighted by atomic mass is 15.3. The summed E-state index contributed by atoms with van der Waals surface area (Å²) in [5.74, 6) is 0. The zero-order chi connectivity index (χ0) is 30.8. The van der Waals surface area contributed by atoms with Gasteiger partial charge in [-0.25, -0.2) is 4.98 Å². The number of hydrogen-bond donors (Lipinski definition) is 0. The van der Waals surface area contributed by atoms with Crippen molar-refractivity contribution in [3.63, 3.8) is 0 Å². The molecule has 0 aliphatic carbocycles. The molecule has 1 saturated heterocycles. The molecule has 0 unspecified atom stereocenters. The van der Waals surface area contributed by atoms with Crippen molar-refractivity contribution >= 4 is 5.69 Å². The van der Waals surface area contributed by atoms with E-state index in [0.29, 0.717) is 16.7 Å². The minimum atomic E-state index is 0.579. The van der Waals surface area contributed by atoms with Gasteiger partial charge in [0.1, 0.15) is 0 Å². The first-order valence-electron chi connectivity index (χ1n) is 14.6. The first kappa shape index (κ1) is 27.4. The molecular weight excluding hydrogens is 550 g/mol. The van der Waals surface area contributed by atoms with E-state index in [1.165, 1.54) is 5.69 Å². The van der Waals surface area contributed by atoms with E-state index in [4.69, 9.17) is 4.98 Å². The normalized spacial score (nSPS) is 11.7. The maximum absolute atomic E-state index is 9.60. The highest BCUT2D eigenvalue weighted by molar-refractivity contribution is 5.84. The first-order valence-corrected chi connectivity index (χ1v) is 14.6. The topological polar surface area (TPSA) is 87.3 Å². The fraction of sp³-hybridized carbons (Fsp3) is 0.0500. The van der Waals surface area contributed by atoms with E-state index >= 15 is 0 Å². The zero-order valence-electron chi connectivity index (χ0n) is 24.3. The average Bonchev–Trinajstić information content (AvgIpc) is 3.97. The molecule has 1 aromatic heterocycles. The third kappa shape index (κ3) is 5.78. The highest BCUT2D eigenvalue weighted by Crippen LogP contribution is 2.37. The largest absolute Gasteiger partial charge is 0.368 e. The fourth-order valence-corrected chi connectivity index (χ4v) is 5.51. The van der Waals surface area contributed by atoms with E-state index in [0.717, 1.165) is 69.0 Å². The SMILES string of the molecule is N#Cc1ccc(-c2cc(-c3ccc(C#N)cc3)cc(-c3cc(-c4cccc(C#N)c4)nc(-c4cccc(N5CC5)c4)c3)c2)cc1. The van der Waals surface area contributed by atoms with Crippen LogP contribution in [0.4, 0.5) is 5.69 Å². The lowest BCUT2D eigenvalue weighted by atomic mass is 9.92. The van der Waals surface area contributed by atoms with Gasteiger partial charge < -0.3 is 4.90 Å². The van der Waals surface area contributed by atoms with Crippen molar-refractivity contribution < 1.29 is 0 Å². The number of aromatic nitrogens is 1. The Morgan fingerprint density at radius 3 is 1.40 bits per heavy atom. The van der Waals surface area contributed by atoms with Crippen molar-refractivity contribution in [1.82, 2.24) is 4.98 Å². The lowest BCUT2D eigenvalue weighted by molar-refractivity contribution is 1.31. The molecule has 0 saturated carbocycles. The zero-order valence-corrected chi connectivity index (χ0v) is 24.3. The molecule has 45 heavy (non-hydrogen) atoms. The molecule has 7 rings (SSSR count). The van der Waals surface area contributed by atoms with Crippen molar-refractivity contribution in [2.24, 2.45) is 0 Å². The quantitative estimate of drug-likeness (QED) is 0.185. The Balaban J connectivity index is 1.44. The van der Waals surface area contributed by atoms with Gasteiger partial charge in [-0.15, -0.1) is 0 Å². The number of benzene rings is 5. The molecule has 1 fully saturated rings. The number of pyridine rings is 1. The number of nitriles is 3. The van der Waals surface area contributed by atoms with E-state index in [-0.39, 0.29) is 0 Å². The van der Waals surface area contributed by atoms with E-state index in [1.807, 2.05) is 66.7 Å². The summed E-state index contributed by atoms with van der Waals surface area (Å²) in [5, 5.41) is 28.3. The smallest absolute Gasteiger partial charge is 0.0991 e. The fourth-order valence-electron chi connectivity index (χ4n) is 5.51. The molecule has 0 bridgehead atoms. The molecule has 5 aromatic carbocycles. The summed E-state index contributed by atoms with van der Waals surface area (Å²) in [6.45, 7) is 2.12. The summed E-state index contributed by atoms with van der Waals surface area (Å²) in [5.41, 5.74) is 12.5. The number of hydrogen-bond acceptors (Lipinski definition) is 5. The van der Waals surface area contributed by atoms with Crippen molar-refractivity contribution in [2.75, 3.05) is 18.0 Å². The summed E-state index contributed by atoms with van der Waals surface area (Å²) in [7, 11) is 0. The molecule has 0 amide bonds. The van der Waals surface area contributed by atoms with Crippen molar-refractivity contribution in [2.45, 2.75) is 0 Å². The van der Waals surface area contributed by atoms with Crippen LogP contribution >= 0.6 is 0 Å². The van der Waals surface area contributed by atoms with Crippen LogP contribution < -0.4 is 4.90 Å². The van der Waals surface area contributed by atoms with Gasteiger partial charge >= 0.3 is 0 Å². The summed E-state index contributed by atoms with van der Waals surface area (Å²) in [6.07, 6.45) is 0. The molecular formula is C40H25N5. The molecule has 2 heterocycles. The lowest BCUT2D eigenvalue weighted by Gasteiger charge is -2.14. The highest BCUT2D eigenvalue weighted by Gasteiger charge is 2.19. The Kier molecular flexibility index (Phi) is 7.09. The van der Waals surface area contributed by atoms with Crippen LogP contribution in [0.1, 0.15) is 16.7 Å². The second-order valence-electron chi connectivity index (χ2n) is 11.0.